The Morgan fingerprint density at radius 1 is 1.03 bits per heavy atom. The number of alkyl halides is 3. The number of halogens is 4. The van der Waals surface area contributed by atoms with Crippen molar-refractivity contribution in [3.8, 4) is 5.75 Å². The zero-order chi connectivity index (χ0) is 26.8. The molecule has 1 aliphatic heterocycles. The van der Waals surface area contributed by atoms with Crippen LogP contribution >= 0.6 is 11.6 Å². The van der Waals surface area contributed by atoms with E-state index in [9.17, 15) is 26.4 Å². The highest BCUT2D eigenvalue weighted by atomic mass is 35.5. The molecular weight excluding hydrogens is 533 g/mol. The molecular formula is C24H22ClF3N4O4S. The van der Waals surface area contributed by atoms with E-state index < -0.39 is 21.8 Å². The van der Waals surface area contributed by atoms with Crippen LogP contribution in [0.2, 0.25) is 5.15 Å². The van der Waals surface area contributed by atoms with Gasteiger partial charge in [0, 0.05) is 43.5 Å². The molecule has 0 bridgehead atoms. The summed E-state index contributed by atoms with van der Waals surface area (Å²) in [4.78, 5) is 17.8. The summed E-state index contributed by atoms with van der Waals surface area (Å²) in [6, 6.07) is 14.4. The van der Waals surface area contributed by atoms with Gasteiger partial charge in [-0.05, 0) is 36.4 Å². The first kappa shape index (κ1) is 26.7. The van der Waals surface area contributed by atoms with Crippen molar-refractivity contribution >= 4 is 39.0 Å². The number of hydrogen-bond acceptors (Lipinski definition) is 6. The number of amides is 1. The highest BCUT2D eigenvalue weighted by Crippen LogP contribution is 2.34. The molecule has 3 aromatic rings. The Bertz CT molecular complexity index is 1400. The number of carbonyl (C=O) groups excluding carboxylic acids is 1. The van der Waals surface area contributed by atoms with Crippen molar-refractivity contribution < 1.29 is 31.1 Å². The third-order valence-electron chi connectivity index (χ3n) is 5.75. The molecule has 1 amide bonds. The van der Waals surface area contributed by atoms with Crippen LogP contribution in [0.4, 0.5) is 24.7 Å². The summed E-state index contributed by atoms with van der Waals surface area (Å²) in [6.07, 6.45) is -4.59. The smallest absolute Gasteiger partial charge is 0.416 e. The predicted octanol–water partition coefficient (Wildman–Crippen LogP) is 4.53. The highest BCUT2D eigenvalue weighted by molar-refractivity contribution is 7.89. The molecule has 1 N–H and O–H groups in total. The van der Waals surface area contributed by atoms with Gasteiger partial charge >= 0.3 is 6.18 Å². The molecule has 1 fully saturated rings. The molecule has 1 saturated heterocycles. The number of sulfonamides is 1. The van der Waals surface area contributed by atoms with Crippen LogP contribution in [-0.2, 0) is 16.2 Å². The molecule has 8 nitrogen and oxygen atoms in total. The van der Waals surface area contributed by atoms with Crippen molar-refractivity contribution in [2.45, 2.75) is 11.1 Å². The molecule has 13 heteroatoms. The van der Waals surface area contributed by atoms with Crippen molar-refractivity contribution in [2.75, 3.05) is 43.5 Å². The Morgan fingerprint density at radius 3 is 2.32 bits per heavy atom. The Balaban J connectivity index is 1.49. The molecule has 0 saturated carbocycles. The second-order valence-corrected chi connectivity index (χ2v) is 10.4. The number of aromatic nitrogens is 1. The third kappa shape index (κ3) is 5.97. The number of hydrogen-bond donors (Lipinski definition) is 1. The zero-order valence-electron chi connectivity index (χ0n) is 19.5. The average molecular weight is 555 g/mol. The minimum atomic E-state index is -4.59. The number of ether oxygens (including phenoxy) is 1. The van der Waals surface area contributed by atoms with Crippen LogP contribution < -0.4 is 15.0 Å². The molecule has 4 rings (SSSR count). The summed E-state index contributed by atoms with van der Waals surface area (Å²) < 4.78 is 72.7. The van der Waals surface area contributed by atoms with Crippen molar-refractivity contribution in [3.05, 3.63) is 76.9 Å². The van der Waals surface area contributed by atoms with Gasteiger partial charge < -0.3 is 15.0 Å². The van der Waals surface area contributed by atoms with Gasteiger partial charge in [0.05, 0.1) is 12.7 Å². The lowest BCUT2D eigenvalue weighted by Gasteiger charge is -2.35. The molecule has 1 aliphatic rings. The van der Waals surface area contributed by atoms with Gasteiger partial charge in [-0.2, -0.15) is 17.5 Å². The fourth-order valence-electron chi connectivity index (χ4n) is 3.86. The first-order valence-corrected chi connectivity index (χ1v) is 12.8. The Kier molecular flexibility index (Phi) is 7.62. The second kappa shape index (κ2) is 10.6. The van der Waals surface area contributed by atoms with Crippen molar-refractivity contribution in [1.29, 1.82) is 0 Å². The number of benzene rings is 2. The molecule has 0 aliphatic carbocycles. The summed E-state index contributed by atoms with van der Waals surface area (Å²) >= 11 is 5.78. The van der Waals surface area contributed by atoms with Gasteiger partial charge in [-0.15, -0.1) is 0 Å². The van der Waals surface area contributed by atoms with E-state index in [2.05, 4.69) is 10.3 Å². The molecule has 0 unspecified atom stereocenters. The summed E-state index contributed by atoms with van der Waals surface area (Å²) in [5.74, 6) is -0.301. The maximum Gasteiger partial charge on any atom is 0.416 e. The van der Waals surface area contributed by atoms with E-state index in [0.717, 1.165) is 12.1 Å². The molecule has 0 spiro atoms. The van der Waals surface area contributed by atoms with Crippen molar-refractivity contribution in [2.24, 2.45) is 0 Å². The molecule has 37 heavy (non-hydrogen) atoms. The van der Waals surface area contributed by atoms with Crippen LogP contribution in [0.25, 0.3) is 0 Å². The third-order valence-corrected chi connectivity index (χ3v) is 7.88. The maximum atomic E-state index is 13.4. The monoisotopic (exact) mass is 554 g/mol. The van der Waals surface area contributed by atoms with Crippen LogP contribution in [0.3, 0.4) is 0 Å². The summed E-state index contributed by atoms with van der Waals surface area (Å²) in [5.41, 5.74) is -0.142. The molecule has 0 radical (unpaired) electrons. The number of nitrogens with one attached hydrogen (secondary N) is 1. The fraction of sp³-hybridized carbons (Fsp3) is 0.250. The zero-order valence-corrected chi connectivity index (χ0v) is 21.1. The molecule has 1 aromatic heterocycles. The topological polar surface area (TPSA) is 91.8 Å². The Labute approximate surface area is 216 Å². The Morgan fingerprint density at radius 2 is 1.70 bits per heavy atom. The summed E-state index contributed by atoms with van der Waals surface area (Å²) in [5, 5.41) is 2.40. The number of anilines is 2. The van der Waals surface area contributed by atoms with Crippen LogP contribution in [0, 0.1) is 0 Å². The average Bonchev–Trinajstić information content (AvgIpc) is 2.88. The number of rotatable bonds is 6. The molecule has 2 aromatic carbocycles. The molecule has 2 heterocycles. The number of piperazine rings is 1. The van der Waals surface area contributed by atoms with E-state index in [1.54, 1.807) is 35.2 Å². The van der Waals surface area contributed by atoms with Crippen molar-refractivity contribution in [3.63, 3.8) is 0 Å². The SMILES string of the molecule is COc1cc(NC(=O)c2ccccc2)ccc1S(=O)(=O)N1CCN(c2cc(C(F)(F)F)cc(Cl)n2)CC1. The lowest BCUT2D eigenvalue weighted by Crippen LogP contribution is -2.49. The standard InChI is InChI=1S/C24H22ClF3N4O4S/c1-36-19-15-18(29-23(33)16-5-3-2-4-6-16)7-8-20(19)37(34,35)32-11-9-31(10-12-32)22-14-17(24(26,27)28)13-21(25)30-22/h2-8,13-15H,9-12H2,1H3,(H,29,33). The van der Waals surface area contributed by atoms with Crippen LogP contribution in [0.5, 0.6) is 5.75 Å². The normalized spacial score (nSPS) is 14.9. The van der Waals surface area contributed by atoms with Crippen LogP contribution in [0.15, 0.2) is 65.6 Å². The van der Waals surface area contributed by atoms with E-state index in [1.165, 1.54) is 29.6 Å². The van der Waals surface area contributed by atoms with E-state index >= 15 is 0 Å². The highest BCUT2D eigenvalue weighted by Gasteiger charge is 2.34. The predicted molar refractivity (Wildman–Crippen MR) is 133 cm³/mol. The van der Waals surface area contributed by atoms with E-state index in [4.69, 9.17) is 16.3 Å². The number of methoxy groups -OCH3 is 1. The number of nitrogens with zero attached hydrogens (tertiary/aromatic N) is 3. The van der Waals surface area contributed by atoms with Gasteiger partial charge in [0.1, 0.15) is 21.6 Å². The lowest BCUT2D eigenvalue weighted by molar-refractivity contribution is -0.137. The Hall–Kier alpha value is -3.35. The van der Waals surface area contributed by atoms with Gasteiger partial charge in [-0.3, -0.25) is 4.79 Å². The van der Waals surface area contributed by atoms with Crippen molar-refractivity contribution in [1.82, 2.24) is 9.29 Å². The molecule has 0 atom stereocenters. The van der Waals surface area contributed by atoms with E-state index in [-0.39, 0.29) is 53.7 Å². The summed E-state index contributed by atoms with van der Waals surface area (Å²) in [6.45, 7) is 0.232. The fourth-order valence-corrected chi connectivity index (χ4v) is 5.62. The number of pyridine rings is 1. The quantitative estimate of drug-likeness (QED) is 0.450. The van der Waals surface area contributed by atoms with Gasteiger partial charge in [-0.25, -0.2) is 13.4 Å². The first-order valence-electron chi connectivity index (χ1n) is 11.0. The first-order chi connectivity index (χ1) is 17.5. The molecule has 196 valence electrons. The second-order valence-electron chi connectivity index (χ2n) is 8.11. The van der Waals surface area contributed by atoms with Gasteiger partial charge in [0.15, 0.2) is 0 Å². The van der Waals surface area contributed by atoms with Gasteiger partial charge in [0.2, 0.25) is 10.0 Å². The lowest BCUT2D eigenvalue weighted by atomic mass is 10.2. The number of carbonyl (C=O) groups is 1. The van der Waals surface area contributed by atoms with Gasteiger partial charge in [0.25, 0.3) is 5.91 Å². The van der Waals surface area contributed by atoms with Gasteiger partial charge in [-0.1, -0.05) is 29.8 Å². The van der Waals surface area contributed by atoms with Crippen LogP contribution in [0.1, 0.15) is 15.9 Å². The minimum absolute atomic E-state index is 0.00747. The summed E-state index contributed by atoms with van der Waals surface area (Å²) in [7, 11) is -2.69. The van der Waals surface area contributed by atoms with E-state index in [1.807, 2.05) is 0 Å². The maximum absolute atomic E-state index is 13.4. The van der Waals surface area contributed by atoms with Crippen LogP contribution in [-0.4, -0.2) is 56.9 Å². The largest absolute Gasteiger partial charge is 0.495 e. The minimum Gasteiger partial charge on any atom is -0.495 e. The van der Waals surface area contributed by atoms with E-state index in [0.29, 0.717) is 11.3 Å².